The van der Waals surface area contributed by atoms with Gasteiger partial charge in [0.25, 0.3) is 0 Å². The molecule has 0 aromatic carbocycles. The summed E-state index contributed by atoms with van der Waals surface area (Å²) in [5.41, 5.74) is 0.825. The molecule has 1 spiro atoms. The van der Waals surface area contributed by atoms with Gasteiger partial charge in [-0.15, -0.1) is 0 Å². The molecule has 2 rings (SSSR count). The van der Waals surface area contributed by atoms with E-state index < -0.39 is 0 Å². The predicted octanol–water partition coefficient (Wildman–Crippen LogP) is 1.63. The molecular weight excluding hydrogens is 162 g/mol. The molecule has 0 aromatic heterocycles. The summed E-state index contributed by atoms with van der Waals surface area (Å²) in [6, 6.07) is 0. The highest BCUT2D eigenvalue weighted by Gasteiger charge is 2.51. The molecular formula is C11H21NO. The third-order valence-corrected chi connectivity index (χ3v) is 3.46. The van der Waals surface area contributed by atoms with Crippen molar-refractivity contribution in [2.24, 2.45) is 5.41 Å². The molecule has 2 aliphatic rings. The van der Waals surface area contributed by atoms with Crippen LogP contribution in [0.1, 0.15) is 38.5 Å². The molecule has 1 aliphatic carbocycles. The lowest BCUT2D eigenvalue weighted by Gasteiger charge is -2.40. The molecule has 1 heterocycles. The predicted molar refractivity (Wildman–Crippen MR) is 53.7 cm³/mol. The van der Waals surface area contributed by atoms with E-state index in [1.54, 1.807) is 0 Å². The van der Waals surface area contributed by atoms with Gasteiger partial charge >= 0.3 is 0 Å². The first-order chi connectivity index (χ1) is 6.35. The van der Waals surface area contributed by atoms with Crippen LogP contribution in [0.5, 0.6) is 0 Å². The van der Waals surface area contributed by atoms with Crippen molar-refractivity contribution in [2.45, 2.75) is 38.5 Å². The maximum atomic E-state index is 8.60. The molecule has 1 aliphatic heterocycles. The fourth-order valence-electron chi connectivity index (χ4n) is 2.35. The van der Waals surface area contributed by atoms with Crippen molar-refractivity contribution in [2.75, 3.05) is 26.2 Å². The minimum absolute atomic E-state index is 0.368. The summed E-state index contributed by atoms with van der Waals surface area (Å²) in [7, 11) is 0. The van der Waals surface area contributed by atoms with Crippen LogP contribution in [0, 0.1) is 5.41 Å². The normalized spacial score (nSPS) is 24.7. The smallest absolute Gasteiger partial charge is 0.0431 e. The minimum Gasteiger partial charge on any atom is -0.396 e. The summed E-state index contributed by atoms with van der Waals surface area (Å²) in [5.74, 6) is 0. The fraction of sp³-hybridized carbons (Fsp3) is 1.00. The van der Waals surface area contributed by atoms with Gasteiger partial charge in [0, 0.05) is 19.7 Å². The van der Waals surface area contributed by atoms with Gasteiger partial charge in [0.15, 0.2) is 0 Å². The third-order valence-electron chi connectivity index (χ3n) is 3.46. The summed E-state index contributed by atoms with van der Waals surface area (Å²) in [6.07, 6.45) is 7.81. The lowest BCUT2D eigenvalue weighted by molar-refractivity contribution is 0.0798. The molecule has 0 aromatic rings. The lowest BCUT2D eigenvalue weighted by atomic mass is 9.96. The zero-order valence-electron chi connectivity index (χ0n) is 8.47. The van der Waals surface area contributed by atoms with Crippen molar-refractivity contribution in [3.63, 3.8) is 0 Å². The average molecular weight is 183 g/mol. The molecule has 0 unspecified atom stereocenters. The maximum Gasteiger partial charge on any atom is 0.0431 e. The highest BCUT2D eigenvalue weighted by molar-refractivity contribution is 5.04. The van der Waals surface area contributed by atoms with Crippen LogP contribution in [0.15, 0.2) is 0 Å². The second kappa shape index (κ2) is 3.97. The summed E-state index contributed by atoms with van der Waals surface area (Å²) < 4.78 is 0. The summed E-state index contributed by atoms with van der Waals surface area (Å²) in [4.78, 5) is 2.59. The molecule has 0 bridgehead atoms. The zero-order valence-corrected chi connectivity index (χ0v) is 8.47. The molecule has 13 heavy (non-hydrogen) atoms. The number of likely N-dealkylation sites (tertiary alicyclic amines) is 1. The number of aliphatic hydroxyl groups excluding tert-OH is 1. The summed E-state index contributed by atoms with van der Waals surface area (Å²) >= 11 is 0. The highest BCUT2D eigenvalue weighted by Crippen LogP contribution is 2.52. The molecule has 2 fully saturated rings. The van der Waals surface area contributed by atoms with E-state index in [0.717, 1.165) is 11.8 Å². The third kappa shape index (κ3) is 2.44. The van der Waals surface area contributed by atoms with Gasteiger partial charge in [0.05, 0.1) is 0 Å². The molecule has 76 valence electrons. The Morgan fingerprint density at radius 1 is 1.00 bits per heavy atom. The van der Waals surface area contributed by atoms with Gasteiger partial charge in [-0.25, -0.2) is 0 Å². The van der Waals surface area contributed by atoms with Gasteiger partial charge in [-0.3, -0.25) is 0 Å². The quantitative estimate of drug-likeness (QED) is 0.633. The number of aliphatic hydroxyl groups is 1. The molecule has 1 N–H and O–H groups in total. The van der Waals surface area contributed by atoms with Crippen LogP contribution < -0.4 is 0 Å². The largest absolute Gasteiger partial charge is 0.396 e. The number of nitrogens with zero attached hydrogens (tertiary/aromatic N) is 1. The zero-order chi connectivity index (χ0) is 9.15. The van der Waals surface area contributed by atoms with Crippen LogP contribution in [0.4, 0.5) is 0 Å². The Morgan fingerprint density at radius 2 is 1.69 bits per heavy atom. The first-order valence-corrected chi connectivity index (χ1v) is 5.68. The second-order valence-corrected chi connectivity index (χ2v) is 4.85. The van der Waals surface area contributed by atoms with E-state index in [2.05, 4.69) is 4.90 Å². The van der Waals surface area contributed by atoms with Crippen LogP contribution in [-0.2, 0) is 0 Å². The van der Waals surface area contributed by atoms with Crippen LogP contribution in [-0.4, -0.2) is 36.2 Å². The molecule has 1 saturated carbocycles. The Morgan fingerprint density at radius 3 is 2.31 bits per heavy atom. The Labute approximate surface area is 80.9 Å². The Bertz CT molecular complexity index is 157. The van der Waals surface area contributed by atoms with Crippen molar-refractivity contribution < 1.29 is 5.11 Å². The van der Waals surface area contributed by atoms with E-state index in [1.165, 1.54) is 51.7 Å². The SMILES string of the molecule is OCCCCCCN1CC2(CC2)C1. The maximum absolute atomic E-state index is 8.60. The first-order valence-electron chi connectivity index (χ1n) is 5.68. The number of hydrogen-bond acceptors (Lipinski definition) is 2. The van der Waals surface area contributed by atoms with Crippen molar-refractivity contribution >= 4 is 0 Å². The van der Waals surface area contributed by atoms with E-state index in [9.17, 15) is 0 Å². The van der Waals surface area contributed by atoms with Gasteiger partial charge in [-0.05, 0) is 37.6 Å². The van der Waals surface area contributed by atoms with E-state index in [-0.39, 0.29) is 0 Å². The number of hydrogen-bond donors (Lipinski definition) is 1. The Kier molecular flexibility index (Phi) is 2.89. The molecule has 0 radical (unpaired) electrons. The van der Waals surface area contributed by atoms with E-state index in [1.807, 2.05) is 0 Å². The van der Waals surface area contributed by atoms with E-state index in [0.29, 0.717) is 6.61 Å². The van der Waals surface area contributed by atoms with Gasteiger partial charge in [-0.2, -0.15) is 0 Å². The minimum atomic E-state index is 0.368. The van der Waals surface area contributed by atoms with E-state index in [4.69, 9.17) is 5.11 Å². The average Bonchev–Trinajstić information content (AvgIpc) is 2.82. The molecule has 2 nitrogen and oxygen atoms in total. The lowest BCUT2D eigenvalue weighted by Crippen LogP contribution is -2.48. The van der Waals surface area contributed by atoms with Crippen molar-refractivity contribution in [3.05, 3.63) is 0 Å². The van der Waals surface area contributed by atoms with Crippen LogP contribution in [0.25, 0.3) is 0 Å². The van der Waals surface area contributed by atoms with Crippen LogP contribution in [0.2, 0.25) is 0 Å². The van der Waals surface area contributed by atoms with Crippen molar-refractivity contribution in [1.82, 2.24) is 4.90 Å². The van der Waals surface area contributed by atoms with Crippen molar-refractivity contribution in [1.29, 1.82) is 0 Å². The first kappa shape index (κ1) is 9.47. The molecule has 0 atom stereocenters. The standard InChI is InChI=1S/C11H21NO/c13-8-4-2-1-3-7-12-9-11(10-12)5-6-11/h13H,1-10H2. The van der Waals surface area contributed by atoms with Crippen LogP contribution >= 0.6 is 0 Å². The van der Waals surface area contributed by atoms with Gasteiger partial charge in [0.2, 0.25) is 0 Å². The Hall–Kier alpha value is -0.0800. The highest BCUT2D eigenvalue weighted by atomic mass is 16.2. The molecule has 1 saturated heterocycles. The molecule has 0 amide bonds. The van der Waals surface area contributed by atoms with Gasteiger partial charge in [0.1, 0.15) is 0 Å². The summed E-state index contributed by atoms with van der Waals surface area (Å²) in [5, 5.41) is 8.60. The topological polar surface area (TPSA) is 23.5 Å². The molecule has 2 heteroatoms. The Balaban J connectivity index is 1.41. The van der Waals surface area contributed by atoms with Gasteiger partial charge in [-0.1, -0.05) is 12.8 Å². The van der Waals surface area contributed by atoms with E-state index >= 15 is 0 Å². The van der Waals surface area contributed by atoms with Gasteiger partial charge < -0.3 is 10.0 Å². The summed E-state index contributed by atoms with van der Waals surface area (Å²) in [6.45, 7) is 4.43. The van der Waals surface area contributed by atoms with Crippen molar-refractivity contribution in [3.8, 4) is 0 Å². The monoisotopic (exact) mass is 183 g/mol. The number of rotatable bonds is 6. The second-order valence-electron chi connectivity index (χ2n) is 4.85. The number of unbranched alkanes of at least 4 members (excludes halogenated alkanes) is 3. The van der Waals surface area contributed by atoms with Crippen LogP contribution in [0.3, 0.4) is 0 Å². The fourth-order valence-corrected chi connectivity index (χ4v) is 2.35.